The van der Waals surface area contributed by atoms with Crippen LogP contribution in [0.1, 0.15) is 27.2 Å². The summed E-state index contributed by atoms with van der Waals surface area (Å²) in [4.78, 5) is 13.5. The lowest BCUT2D eigenvalue weighted by molar-refractivity contribution is -0.138. The van der Waals surface area contributed by atoms with E-state index < -0.39 is 0 Å². The second kappa shape index (κ2) is 3.05. The van der Waals surface area contributed by atoms with Gasteiger partial charge in [0.15, 0.2) is 0 Å². The van der Waals surface area contributed by atoms with Gasteiger partial charge in [0, 0.05) is 24.5 Å². The molecule has 12 heavy (non-hydrogen) atoms. The molecule has 0 radical (unpaired) electrons. The van der Waals surface area contributed by atoms with Crippen LogP contribution >= 0.6 is 0 Å². The molecule has 3 heteroatoms. The lowest BCUT2D eigenvalue weighted by Gasteiger charge is -2.25. The fourth-order valence-corrected chi connectivity index (χ4v) is 1.45. The van der Waals surface area contributed by atoms with E-state index >= 15 is 0 Å². The molecule has 70 valence electrons. The smallest absolute Gasteiger partial charge is 0.228 e. The third-order valence-electron chi connectivity index (χ3n) is 2.15. The molecular weight excluding hydrogens is 152 g/mol. The van der Waals surface area contributed by atoms with E-state index in [1.165, 1.54) is 0 Å². The number of hydrogen-bond acceptors (Lipinski definition) is 2. The van der Waals surface area contributed by atoms with E-state index in [1.54, 1.807) is 0 Å². The highest BCUT2D eigenvalue weighted by Crippen LogP contribution is 2.20. The van der Waals surface area contributed by atoms with Crippen molar-refractivity contribution < 1.29 is 4.79 Å². The van der Waals surface area contributed by atoms with Gasteiger partial charge in [-0.05, 0) is 6.42 Å². The number of nitrogens with zero attached hydrogens (tertiary/aromatic N) is 1. The van der Waals surface area contributed by atoms with Gasteiger partial charge in [-0.15, -0.1) is 0 Å². The van der Waals surface area contributed by atoms with Gasteiger partial charge in [0.05, 0.1) is 0 Å². The Morgan fingerprint density at radius 2 is 2.08 bits per heavy atom. The molecule has 0 aliphatic carbocycles. The standard InChI is InChI=1S/C9H18N2O/c1-9(2,3)8(12)11-5-4-7(10)6-11/h7H,4-6,10H2,1-3H3/t7-/m1/s1. The molecular formula is C9H18N2O. The zero-order valence-electron chi connectivity index (χ0n) is 8.13. The van der Waals surface area contributed by atoms with E-state index in [1.807, 2.05) is 25.7 Å². The maximum Gasteiger partial charge on any atom is 0.228 e. The minimum absolute atomic E-state index is 0.191. The molecule has 0 aromatic heterocycles. The van der Waals surface area contributed by atoms with Crippen LogP contribution in [0.15, 0.2) is 0 Å². The van der Waals surface area contributed by atoms with Gasteiger partial charge in [-0.2, -0.15) is 0 Å². The maximum atomic E-state index is 11.7. The first-order valence-electron chi connectivity index (χ1n) is 4.46. The average Bonchev–Trinajstić information content (AvgIpc) is 2.32. The minimum Gasteiger partial charge on any atom is -0.341 e. The number of nitrogens with two attached hydrogens (primary N) is 1. The molecule has 1 rings (SSSR count). The predicted octanol–water partition coefficient (Wildman–Crippen LogP) is 0.592. The van der Waals surface area contributed by atoms with Crippen LogP contribution in [0.25, 0.3) is 0 Å². The van der Waals surface area contributed by atoms with Gasteiger partial charge in [-0.1, -0.05) is 20.8 Å². The molecule has 1 saturated heterocycles. The summed E-state index contributed by atoms with van der Waals surface area (Å²) in [7, 11) is 0. The first-order valence-corrected chi connectivity index (χ1v) is 4.46. The number of likely N-dealkylation sites (tertiary alicyclic amines) is 1. The van der Waals surface area contributed by atoms with Crippen LogP contribution < -0.4 is 5.73 Å². The molecule has 2 N–H and O–H groups in total. The molecule has 3 nitrogen and oxygen atoms in total. The summed E-state index contributed by atoms with van der Waals surface area (Å²) in [5.41, 5.74) is 5.45. The molecule has 1 atom stereocenters. The second-order valence-corrected chi connectivity index (χ2v) is 4.55. The van der Waals surface area contributed by atoms with Crippen molar-refractivity contribution in [2.75, 3.05) is 13.1 Å². The molecule has 1 aliphatic rings. The molecule has 0 bridgehead atoms. The van der Waals surface area contributed by atoms with Crippen molar-refractivity contribution in [3.8, 4) is 0 Å². The molecule has 1 aliphatic heterocycles. The van der Waals surface area contributed by atoms with Crippen LogP contribution in [0.3, 0.4) is 0 Å². The lowest BCUT2D eigenvalue weighted by Crippen LogP contribution is -2.39. The molecule has 1 amide bonds. The first kappa shape index (κ1) is 9.52. The molecule has 1 fully saturated rings. The highest BCUT2D eigenvalue weighted by molar-refractivity contribution is 5.81. The summed E-state index contributed by atoms with van der Waals surface area (Å²) in [6, 6.07) is 0.191. The van der Waals surface area contributed by atoms with Crippen LogP contribution in [-0.4, -0.2) is 29.9 Å². The van der Waals surface area contributed by atoms with E-state index in [0.717, 1.165) is 19.5 Å². The highest BCUT2D eigenvalue weighted by Gasteiger charge is 2.31. The van der Waals surface area contributed by atoms with Crippen LogP contribution in [-0.2, 0) is 4.79 Å². The Bertz CT molecular complexity index is 183. The number of carbonyl (C=O) groups is 1. The van der Waals surface area contributed by atoms with Crippen LogP contribution in [0.5, 0.6) is 0 Å². The Morgan fingerprint density at radius 3 is 2.42 bits per heavy atom. The summed E-state index contributed by atoms with van der Waals surface area (Å²) < 4.78 is 0. The van der Waals surface area contributed by atoms with Crippen LogP contribution in [0.4, 0.5) is 0 Å². The Labute approximate surface area is 73.9 Å². The number of hydrogen-bond donors (Lipinski definition) is 1. The fraction of sp³-hybridized carbons (Fsp3) is 0.889. The maximum absolute atomic E-state index is 11.7. The summed E-state index contributed by atoms with van der Waals surface area (Å²) >= 11 is 0. The normalized spacial score (nSPS) is 24.7. The zero-order chi connectivity index (χ0) is 9.35. The van der Waals surface area contributed by atoms with Gasteiger partial charge in [0.25, 0.3) is 0 Å². The van der Waals surface area contributed by atoms with Crippen molar-refractivity contribution in [2.24, 2.45) is 11.1 Å². The summed E-state index contributed by atoms with van der Waals surface area (Å²) in [6.07, 6.45) is 0.946. The van der Waals surface area contributed by atoms with Gasteiger partial charge in [-0.25, -0.2) is 0 Å². The van der Waals surface area contributed by atoms with Crippen molar-refractivity contribution in [1.29, 1.82) is 0 Å². The van der Waals surface area contributed by atoms with Gasteiger partial charge in [0.2, 0.25) is 5.91 Å². The van der Waals surface area contributed by atoms with Crippen molar-refractivity contribution in [1.82, 2.24) is 4.90 Å². The summed E-state index contributed by atoms with van der Waals surface area (Å²) in [5.74, 6) is 0.218. The van der Waals surface area contributed by atoms with Crippen molar-refractivity contribution >= 4 is 5.91 Å². The Hall–Kier alpha value is -0.570. The lowest BCUT2D eigenvalue weighted by atomic mass is 9.95. The molecule has 0 spiro atoms. The minimum atomic E-state index is -0.260. The SMILES string of the molecule is CC(C)(C)C(=O)N1CC[C@@H](N)C1. The quantitative estimate of drug-likeness (QED) is 0.578. The molecule has 0 aromatic carbocycles. The van der Waals surface area contributed by atoms with E-state index in [-0.39, 0.29) is 17.4 Å². The zero-order valence-corrected chi connectivity index (χ0v) is 8.13. The Balaban J connectivity index is 2.55. The average molecular weight is 170 g/mol. The van der Waals surface area contributed by atoms with Gasteiger partial charge < -0.3 is 10.6 Å². The van der Waals surface area contributed by atoms with E-state index in [4.69, 9.17) is 5.73 Å². The van der Waals surface area contributed by atoms with Crippen molar-refractivity contribution in [3.63, 3.8) is 0 Å². The Morgan fingerprint density at radius 1 is 1.50 bits per heavy atom. The van der Waals surface area contributed by atoms with Crippen molar-refractivity contribution in [2.45, 2.75) is 33.2 Å². The van der Waals surface area contributed by atoms with Crippen LogP contribution in [0, 0.1) is 5.41 Å². The van der Waals surface area contributed by atoms with Gasteiger partial charge in [0.1, 0.15) is 0 Å². The van der Waals surface area contributed by atoms with Gasteiger partial charge >= 0.3 is 0 Å². The van der Waals surface area contributed by atoms with Crippen molar-refractivity contribution in [3.05, 3.63) is 0 Å². The number of rotatable bonds is 0. The highest BCUT2D eigenvalue weighted by atomic mass is 16.2. The molecule has 1 heterocycles. The molecule has 0 unspecified atom stereocenters. The fourth-order valence-electron chi connectivity index (χ4n) is 1.45. The Kier molecular flexibility index (Phi) is 2.42. The first-order chi connectivity index (χ1) is 5.41. The topological polar surface area (TPSA) is 46.3 Å². The molecule has 0 aromatic rings. The van der Waals surface area contributed by atoms with Crippen LogP contribution in [0.2, 0.25) is 0 Å². The number of carbonyl (C=O) groups excluding carboxylic acids is 1. The predicted molar refractivity (Wildman–Crippen MR) is 48.6 cm³/mol. The largest absolute Gasteiger partial charge is 0.341 e. The summed E-state index contributed by atoms with van der Waals surface area (Å²) in [6.45, 7) is 7.39. The summed E-state index contributed by atoms with van der Waals surface area (Å²) in [5, 5.41) is 0. The van der Waals surface area contributed by atoms with E-state index in [9.17, 15) is 4.79 Å². The number of amides is 1. The van der Waals surface area contributed by atoms with E-state index in [2.05, 4.69) is 0 Å². The second-order valence-electron chi connectivity index (χ2n) is 4.55. The van der Waals surface area contributed by atoms with E-state index in [0.29, 0.717) is 0 Å². The molecule has 0 saturated carbocycles. The third-order valence-corrected chi connectivity index (χ3v) is 2.15. The monoisotopic (exact) mass is 170 g/mol. The third kappa shape index (κ3) is 1.97. The van der Waals surface area contributed by atoms with Gasteiger partial charge in [-0.3, -0.25) is 4.79 Å².